The fourth-order valence-corrected chi connectivity index (χ4v) is 3.36. The maximum Gasteiger partial charge on any atom is 0.278 e. The Morgan fingerprint density at radius 2 is 2.00 bits per heavy atom. The number of fused-ring (bicyclic) bond motifs is 1. The Bertz CT molecular complexity index is 1280. The van der Waals surface area contributed by atoms with E-state index < -0.39 is 4.92 Å². The summed E-state index contributed by atoms with van der Waals surface area (Å²) in [5.74, 6) is 0.261. The lowest BCUT2D eigenvalue weighted by molar-refractivity contribution is -0.385. The minimum Gasteiger partial charge on any atom is -0.325 e. The van der Waals surface area contributed by atoms with Gasteiger partial charge in [0, 0.05) is 11.8 Å². The number of nitrogens with one attached hydrogen (secondary N) is 1. The highest BCUT2D eigenvalue weighted by atomic mass is 32.2. The normalized spacial score (nSPS) is 11.3. The van der Waals surface area contributed by atoms with Crippen molar-refractivity contribution in [3.8, 4) is 0 Å². The van der Waals surface area contributed by atoms with Crippen molar-refractivity contribution in [3.63, 3.8) is 0 Å². The molecule has 1 N–H and O–H groups in total. The van der Waals surface area contributed by atoms with Crippen molar-refractivity contribution in [1.82, 2.24) is 24.5 Å². The summed E-state index contributed by atoms with van der Waals surface area (Å²) in [7, 11) is 0. The lowest BCUT2D eigenvalue weighted by atomic mass is 10.2. The van der Waals surface area contributed by atoms with Crippen LogP contribution in [0.15, 0.2) is 65.1 Å². The second kappa shape index (κ2) is 8.75. The van der Waals surface area contributed by atoms with Crippen LogP contribution < -0.4 is 5.32 Å². The van der Waals surface area contributed by atoms with Crippen molar-refractivity contribution in [2.45, 2.75) is 12.1 Å². The molecule has 0 atom stereocenters. The number of aryl methyl sites for hydroxylation is 1. The van der Waals surface area contributed by atoms with Gasteiger partial charge in [0.2, 0.25) is 11.1 Å². The van der Waals surface area contributed by atoms with Gasteiger partial charge < -0.3 is 5.32 Å². The zero-order chi connectivity index (χ0) is 21.8. The van der Waals surface area contributed by atoms with Gasteiger partial charge in [0.05, 0.1) is 22.5 Å². The third kappa shape index (κ3) is 4.59. The third-order valence-electron chi connectivity index (χ3n) is 4.20. The van der Waals surface area contributed by atoms with Crippen LogP contribution in [0.1, 0.15) is 11.1 Å². The van der Waals surface area contributed by atoms with Crippen LogP contribution in [0.4, 0.5) is 11.4 Å². The molecule has 0 saturated carbocycles. The number of benzene rings is 2. The van der Waals surface area contributed by atoms with Crippen molar-refractivity contribution in [2.75, 3.05) is 11.1 Å². The molecular formula is C19H16N8O3S. The van der Waals surface area contributed by atoms with Crippen LogP contribution in [0.25, 0.3) is 5.78 Å². The SMILES string of the molecule is Cc1ccc(NC(=O)CSc2nnc3n(/N=C/c4ccccc4[N+](=O)[O-])cnn23)cc1. The number of carbonyl (C=O) groups excluding carboxylic acids is 1. The minimum absolute atomic E-state index is 0.0558. The molecule has 2 heterocycles. The van der Waals surface area contributed by atoms with Crippen molar-refractivity contribution in [1.29, 1.82) is 0 Å². The number of aromatic nitrogens is 5. The van der Waals surface area contributed by atoms with Gasteiger partial charge >= 0.3 is 0 Å². The van der Waals surface area contributed by atoms with E-state index in [1.807, 2.05) is 31.2 Å². The molecule has 0 aliphatic heterocycles. The summed E-state index contributed by atoms with van der Waals surface area (Å²) in [6.07, 6.45) is 2.77. The van der Waals surface area contributed by atoms with Crippen LogP contribution >= 0.6 is 11.8 Å². The first-order valence-corrected chi connectivity index (χ1v) is 10.1. The van der Waals surface area contributed by atoms with Crippen molar-refractivity contribution < 1.29 is 9.72 Å². The summed E-state index contributed by atoms with van der Waals surface area (Å²) in [6.45, 7) is 1.97. The average molecular weight is 436 g/mol. The van der Waals surface area contributed by atoms with Gasteiger partial charge in [-0.2, -0.15) is 19.4 Å². The second-order valence-electron chi connectivity index (χ2n) is 6.43. The standard InChI is InChI=1S/C19H16N8O3S/c1-13-6-8-15(9-7-13)22-17(28)11-31-19-24-23-18-25(12-21-26(18)19)20-10-14-4-2-3-5-16(14)27(29)30/h2-10,12H,11H2,1H3,(H,22,28)/b20-10+. The van der Waals surface area contributed by atoms with Gasteiger partial charge in [-0.05, 0) is 25.1 Å². The van der Waals surface area contributed by atoms with Gasteiger partial charge in [-0.15, -0.1) is 10.2 Å². The summed E-state index contributed by atoms with van der Waals surface area (Å²) in [6, 6.07) is 13.8. The molecule has 2 aromatic heterocycles. The van der Waals surface area contributed by atoms with Crippen LogP contribution in [-0.4, -0.2) is 47.3 Å². The first-order valence-electron chi connectivity index (χ1n) is 9.07. The zero-order valence-corrected chi connectivity index (χ0v) is 17.1. The molecule has 156 valence electrons. The first kappa shape index (κ1) is 20.2. The third-order valence-corrected chi connectivity index (χ3v) is 5.12. The Kier molecular flexibility index (Phi) is 5.71. The Morgan fingerprint density at radius 3 is 2.77 bits per heavy atom. The Hall–Kier alpha value is -4.06. The number of amides is 1. The molecule has 0 bridgehead atoms. The van der Waals surface area contributed by atoms with E-state index in [1.54, 1.807) is 18.2 Å². The summed E-state index contributed by atoms with van der Waals surface area (Å²) < 4.78 is 2.79. The number of nitro groups is 1. The summed E-state index contributed by atoms with van der Waals surface area (Å²) in [4.78, 5) is 22.8. The van der Waals surface area contributed by atoms with Crippen LogP contribution in [0.5, 0.6) is 0 Å². The van der Waals surface area contributed by atoms with E-state index >= 15 is 0 Å². The predicted molar refractivity (Wildman–Crippen MR) is 115 cm³/mol. The molecule has 0 aliphatic carbocycles. The van der Waals surface area contributed by atoms with Crippen molar-refractivity contribution in [2.24, 2.45) is 5.10 Å². The average Bonchev–Trinajstić information content (AvgIpc) is 3.35. The molecule has 4 aromatic rings. The van der Waals surface area contributed by atoms with E-state index in [-0.39, 0.29) is 17.3 Å². The van der Waals surface area contributed by atoms with E-state index in [1.165, 1.54) is 39.6 Å². The largest absolute Gasteiger partial charge is 0.325 e. The smallest absolute Gasteiger partial charge is 0.278 e. The highest BCUT2D eigenvalue weighted by Crippen LogP contribution is 2.18. The number of thioether (sulfide) groups is 1. The lowest BCUT2D eigenvalue weighted by Gasteiger charge is -2.04. The molecular weight excluding hydrogens is 420 g/mol. The molecule has 0 radical (unpaired) electrons. The van der Waals surface area contributed by atoms with Crippen LogP contribution in [0, 0.1) is 17.0 Å². The molecule has 2 aromatic carbocycles. The number of anilines is 1. The molecule has 0 unspecified atom stereocenters. The van der Waals surface area contributed by atoms with E-state index in [0.29, 0.717) is 16.5 Å². The number of para-hydroxylation sites is 1. The van der Waals surface area contributed by atoms with Gasteiger partial charge in [-0.1, -0.05) is 41.6 Å². The van der Waals surface area contributed by atoms with Crippen LogP contribution in [-0.2, 0) is 4.79 Å². The van der Waals surface area contributed by atoms with E-state index in [4.69, 9.17) is 0 Å². The van der Waals surface area contributed by atoms with E-state index in [9.17, 15) is 14.9 Å². The fourth-order valence-electron chi connectivity index (χ4n) is 2.68. The Morgan fingerprint density at radius 1 is 1.23 bits per heavy atom. The van der Waals surface area contributed by atoms with Gasteiger partial charge in [0.1, 0.15) is 6.33 Å². The number of carbonyl (C=O) groups is 1. The quantitative estimate of drug-likeness (QED) is 0.204. The molecule has 0 spiro atoms. The molecule has 1 amide bonds. The highest BCUT2D eigenvalue weighted by Gasteiger charge is 2.14. The van der Waals surface area contributed by atoms with Crippen LogP contribution in [0.2, 0.25) is 0 Å². The van der Waals surface area contributed by atoms with Gasteiger partial charge in [-0.25, -0.2) is 0 Å². The molecule has 4 rings (SSSR count). The topological polar surface area (TPSA) is 133 Å². The van der Waals surface area contributed by atoms with E-state index in [0.717, 1.165) is 11.3 Å². The number of rotatable bonds is 7. The predicted octanol–water partition coefficient (Wildman–Crippen LogP) is 2.76. The monoisotopic (exact) mass is 436 g/mol. The van der Waals surface area contributed by atoms with Gasteiger partial charge in [-0.3, -0.25) is 14.9 Å². The highest BCUT2D eigenvalue weighted by molar-refractivity contribution is 7.99. The summed E-state index contributed by atoms with van der Waals surface area (Å²) >= 11 is 1.18. The molecule has 0 saturated heterocycles. The molecule has 0 fully saturated rings. The summed E-state index contributed by atoms with van der Waals surface area (Å²) in [5.41, 5.74) is 2.12. The number of hydrogen-bond acceptors (Lipinski definition) is 8. The Balaban J connectivity index is 1.44. The first-order chi connectivity index (χ1) is 15.0. The van der Waals surface area contributed by atoms with E-state index in [2.05, 4.69) is 25.7 Å². The molecule has 31 heavy (non-hydrogen) atoms. The lowest BCUT2D eigenvalue weighted by Crippen LogP contribution is -2.14. The number of hydrogen-bond donors (Lipinski definition) is 1. The molecule has 12 heteroatoms. The second-order valence-corrected chi connectivity index (χ2v) is 7.38. The van der Waals surface area contributed by atoms with Crippen molar-refractivity contribution >= 4 is 41.0 Å². The fraction of sp³-hybridized carbons (Fsp3) is 0.105. The van der Waals surface area contributed by atoms with Gasteiger partial charge in [0.25, 0.3) is 11.5 Å². The zero-order valence-electron chi connectivity index (χ0n) is 16.2. The van der Waals surface area contributed by atoms with Gasteiger partial charge in [0.15, 0.2) is 0 Å². The number of nitro benzene ring substituents is 1. The maximum atomic E-state index is 12.2. The minimum atomic E-state index is -0.474. The molecule has 11 nitrogen and oxygen atoms in total. The van der Waals surface area contributed by atoms with Crippen LogP contribution in [0.3, 0.4) is 0 Å². The molecule has 0 aliphatic rings. The maximum absolute atomic E-state index is 12.2. The summed E-state index contributed by atoms with van der Waals surface area (Å²) in [5, 5.41) is 30.8. The Labute approximate surface area is 179 Å². The van der Waals surface area contributed by atoms with Crippen molar-refractivity contribution in [3.05, 3.63) is 76.1 Å². The number of nitrogens with zero attached hydrogens (tertiary/aromatic N) is 7.